The first kappa shape index (κ1) is 21.7. The molecule has 1 aromatic carbocycles. The molecule has 0 atom stereocenters. The van der Waals surface area contributed by atoms with Crippen molar-refractivity contribution < 1.29 is 0 Å². The lowest BCUT2D eigenvalue weighted by Crippen LogP contribution is -2.42. The molecule has 7 heteroatoms. The summed E-state index contributed by atoms with van der Waals surface area (Å²) in [6.07, 6.45) is 7.25. The van der Waals surface area contributed by atoms with Crippen LogP contribution in [0.4, 0.5) is 0 Å². The van der Waals surface area contributed by atoms with Gasteiger partial charge < -0.3 is 15.5 Å². The number of nitrogens with one attached hydrogen (secondary N) is 2. The summed E-state index contributed by atoms with van der Waals surface area (Å²) >= 11 is 0. The lowest BCUT2D eigenvalue weighted by Gasteiger charge is -2.29. The van der Waals surface area contributed by atoms with Gasteiger partial charge in [-0.2, -0.15) is 5.10 Å². The number of halogens is 1. The maximum atomic E-state index is 4.34. The SMILES string of the molecule is CN=C(NCCc1ccc(-n2cccn2)cc1)NCC1CCN(C)CC1.I. The van der Waals surface area contributed by atoms with Gasteiger partial charge in [0.05, 0.1) is 5.69 Å². The van der Waals surface area contributed by atoms with Crippen molar-refractivity contribution >= 4 is 29.9 Å². The first-order valence-electron chi connectivity index (χ1n) is 9.46. The fourth-order valence-electron chi connectivity index (χ4n) is 3.29. The van der Waals surface area contributed by atoms with Gasteiger partial charge in [0.1, 0.15) is 0 Å². The molecule has 1 aromatic heterocycles. The standard InChI is InChI=1S/C20H30N6.HI/c1-21-20(23-16-18-9-14-25(2)15-10-18)22-12-8-17-4-6-19(7-5-17)26-13-3-11-24-26;/h3-7,11,13,18H,8-10,12,14-16H2,1-2H3,(H2,21,22,23);1H. The summed E-state index contributed by atoms with van der Waals surface area (Å²) in [5.41, 5.74) is 2.39. The Kier molecular flexibility index (Phi) is 9.06. The first-order chi connectivity index (χ1) is 12.7. The van der Waals surface area contributed by atoms with E-state index in [0.29, 0.717) is 0 Å². The Hall–Kier alpha value is -1.61. The third kappa shape index (κ3) is 6.80. The predicted octanol–water partition coefficient (Wildman–Crippen LogP) is 2.54. The van der Waals surface area contributed by atoms with Gasteiger partial charge in [-0.15, -0.1) is 24.0 Å². The van der Waals surface area contributed by atoms with Crippen molar-refractivity contribution in [3.8, 4) is 5.69 Å². The number of guanidine groups is 1. The number of hydrogen-bond donors (Lipinski definition) is 2. The second kappa shape index (κ2) is 11.3. The fourth-order valence-corrected chi connectivity index (χ4v) is 3.29. The van der Waals surface area contributed by atoms with Gasteiger partial charge in [0.15, 0.2) is 5.96 Å². The number of rotatable bonds is 6. The highest BCUT2D eigenvalue weighted by atomic mass is 127. The van der Waals surface area contributed by atoms with Crippen LogP contribution in [-0.2, 0) is 6.42 Å². The monoisotopic (exact) mass is 482 g/mol. The number of piperidine rings is 1. The Bertz CT molecular complexity index is 675. The van der Waals surface area contributed by atoms with E-state index in [2.05, 4.69) is 56.9 Å². The lowest BCUT2D eigenvalue weighted by atomic mass is 9.97. The zero-order chi connectivity index (χ0) is 18.2. The van der Waals surface area contributed by atoms with Crippen molar-refractivity contribution in [2.24, 2.45) is 10.9 Å². The summed E-state index contributed by atoms with van der Waals surface area (Å²) < 4.78 is 1.87. The molecule has 2 heterocycles. The van der Waals surface area contributed by atoms with E-state index in [4.69, 9.17) is 0 Å². The molecule has 1 aliphatic rings. The minimum absolute atomic E-state index is 0. The smallest absolute Gasteiger partial charge is 0.190 e. The molecule has 2 N–H and O–H groups in total. The molecule has 3 rings (SSSR count). The largest absolute Gasteiger partial charge is 0.356 e. The van der Waals surface area contributed by atoms with E-state index < -0.39 is 0 Å². The quantitative estimate of drug-likeness (QED) is 0.378. The minimum Gasteiger partial charge on any atom is -0.356 e. The highest BCUT2D eigenvalue weighted by Gasteiger charge is 2.16. The van der Waals surface area contributed by atoms with E-state index in [-0.39, 0.29) is 24.0 Å². The van der Waals surface area contributed by atoms with E-state index in [9.17, 15) is 0 Å². The highest BCUT2D eigenvalue weighted by molar-refractivity contribution is 14.0. The van der Waals surface area contributed by atoms with Gasteiger partial charge in [-0.05, 0) is 69.1 Å². The number of aliphatic imine (C=N–C) groups is 1. The average Bonchev–Trinajstić information content (AvgIpc) is 3.21. The molecule has 0 spiro atoms. The molecule has 0 aliphatic carbocycles. The summed E-state index contributed by atoms with van der Waals surface area (Å²) in [4.78, 5) is 6.74. The third-order valence-electron chi connectivity index (χ3n) is 5.03. The van der Waals surface area contributed by atoms with E-state index in [1.54, 1.807) is 6.20 Å². The maximum absolute atomic E-state index is 4.34. The van der Waals surface area contributed by atoms with Gasteiger partial charge in [0.2, 0.25) is 0 Å². The Morgan fingerprint density at radius 2 is 1.93 bits per heavy atom. The van der Waals surface area contributed by atoms with E-state index in [0.717, 1.165) is 37.1 Å². The second-order valence-electron chi connectivity index (χ2n) is 6.99. The van der Waals surface area contributed by atoms with E-state index in [1.807, 2.05) is 24.0 Å². The summed E-state index contributed by atoms with van der Waals surface area (Å²) in [5.74, 6) is 1.65. The van der Waals surface area contributed by atoms with Crippen molar-refractivity contribution in [3.05, 3.63) is 48.3 Å². The van der Waals surface area contributed by atoms with Crippen LogP contribution in [0.5, 0.6) is 0 Å². The topological polar surface area (TPSA) is 57.5 Å². The number of nitrogens with zero attached hydrogens (tertiary/aromatic N) is 4. The second-order valence-corrected chi connectivity index (χ2v) is 6.99. The van der Waals surface area contributed by atoms with Gasteiger partial charge in [-0.25, -0.2) is 4.68 Å². The maximum Gasteiger partial charge on any atom is 0.190 e. The van der Waals surface area contributed by atoms with Crippen LogP contribution in [-0.4, -0.2) is 60.9 Å². The Labute approximate surface area is 179 Å². The zero-order valence-electron chi connectivity index (χ0n) is 16.3. The summed E-state index contributed by atoms with van der Waals surface area (Å²) in [7, 11) is 4.04. The molecule has 0 unspecified atom stereocenters. The number of benzene rings is 1. The van der Waals surface area contributed by atoms with Crippen LogP contribution in [0.1, 0.15) is 18.4 Å². The van der Waals surface area contributed by atoms with Crippen LogP contribution in [0.25, 0.3) is 5.69 Å². The van der Waals surface area contributed by atoms with Crippen molar-refractivity contribution in [3.63, 3.8) is 0 Å². The van der Waals surface area contributed by atoms with Gasteiger partial charge in [0, 0.05) is 32.5 Å². The Balaban J connectivity index is 0.00000261. The fraction of sp³-hybridized carbons (Fsp3) is 0.500. The van der Waals surface area contributed by atoms with Gasteiger partial charge in [-0.1, -0.05) is 12.1 Å². The minimum atomic E-state index is 0. The Morgan fingerprint density at radius 1 is 1.19 bits per heavy atom. The molecule has 0 saturated carbocycles. The molecule has 148 valence electrons. The summed E-state index contributed by atoms with van der Waals surface area (Å²) in [6.45, 7) is 4.28. The van der Waals surface area contributed by atoms with Gasteiger partial charge in [-0.3, -0.25) is 4.99 Å². The van der Waals surface area contributed by atoms with E-state index >= 15 is 0 Å². The van der Waals surface area contributed by atoms with Gasteiger partial charge in [0.25, 0.3) is 0 Å². The molecular formula is C20H31IN6. The number of likely N-dealkylation sites (tertiary alicyclic amines) is 1. The van der Waals surface area contributed by atoms with Crippen LogP contribution in [0, 0.1) is 5.92 Å². The van der Waals surface area contributed by atoms with E-state index in [1.165, 1.54) is 31.5 Å². The van der Waals surface area contributed by atoms with Crippen molar-refractivity contribution in [2.45, 2.75) is 19.3 Å². The summed E-state index contributed by atoms with van der Waals surface area (Å²) in [6, 6.07) is 10.5. The van der Waals surface area contributed by atoms with Crippen LogP contribution >= 0.6 is 24.0 Å². The van der Waals surface area contributed by atoms with Crippen molar-refractivity contribution in [2.75, 3.05) is 40.3 Å². The van der Waals surface area contributed by atoms with Crippen LogP contribution in [0.2, 0.25) is 0 Å². The summed E-state index contributed by atoms with van der Waals surface area (Å²) in [5, 5.41) is 11.1. The van der Waals surface area contributed by atoms with Crippen LogP contribution in [0.15, 0.2) is 47.7 Å². The van der Waals surface area contributed by atoms with Crippen LogP contribution in [0.3, 0.4) is 0 Å². The third-order valence-corrected chi connectivity index (χ3v) is 5.03. The molecule has 0 bridgehead atoms. The van der Waals surface area contributed by atoms with Crippen molar-refractivity contribution in [1.82, 2.24) is 25.3 Å². The molecule has 0 amide bonds. The van der Waals surface area contributed by atoms with Crippen LogP contribution < -0.4 is 10.6 Å². The molecule has 0 radical (unpaired) electrons. The predicted molar refractivity (Wildman–Crippen MR) is 122 cm³/mol. The molecule has 2 aromatic rings. The Morgan fingerprint density at radius 3 is 2.56 bits per heavy atom. The highest BCUT2D eigenvalue weighted by Crippen LogP contribution is 2.14. The lowest BCUT2D eigenvalue weighted by molar-refractivity contribution is 0.220. The molecular weight excluding hydrogens is 451 g/mol. The first-order valence-corrected chi connectivity index (χ1v) is 9.46. The molecule has 27 heavy (non-hydrogen) atoms. The zero-order valence-corrected chi connectivity index (χ0v) is 18.6. The molecule has 6 nitrogen and oxygen atoms in total. The molecule has 1 fully saturated rings. The average molecular weight is 482 g/mol. The van der Waals surface area contributed by atoms with Crippen molar-refractivity contribution in [1.29, 1.82) is 0 Å². The number of aromatic nitrogens is 2. The van der Waals surface area contributed by atoms with Gasteiger partial charge >= 0.3 is 0 Å². The molecule has 1 aliphatic heterocycles. The number of hydrogen-bond acceptors (Lipinski definition) is 3. The molecule has 1 saturated heterocycles. The normalized spacial score (nSPS) is 16.0.